The third kappa shape index (κ3) is 3.82. The first kappa shape index (κ1) is 17.2. The van der Waals surface area contributed by atoms with Crippen molar-refractivity contribution in [3.8, 4) is 0 Å². The molecule has 6 heteroatoms. The highest BCUT2D eigenvalue weighted by Crippen LogP contribution is 2.40. The number of rotatable bonds is 6. The number of carbonyl (C=O) groups is 2. The second-order valence-corrected chi connectivity index (χ2v) is 9.47. The zero-order valence-electron chi connectivity index (χ0n) is 13.3. The van der Waals surface area contributed by atoms with E-state index in [-0.39, 0.29) is 29.2 Å². The summed E-state index contributed by atoms with van der Waals surface area (Å²) < 4.78 is 5.84. The molecular weight excluding hydrogens is 274 g/mol. The number of hydrogen-bond donors (Lipinski definition) is 2. The van der Waals surface area contributed by atoms with Crippen LogP contribution in [-0.4, -0.2) is 38.7 Å². The second kappa shape index (κ2) is 6.26. The van der Waals surface area contributed by atoms with Gasteiger partial charge in [-0.15, -0.1) is 0 Å². The molecule has 1 heterocycles. The molecule has 0 aliphatic carbocycles. The number of carboxylic acids is 1. The van der Waals surface area contributed by atoms with Gasteiger partial charge < -0.3 is 14.8 Å². The quantitative estimate of drug-likeness (QED) is 0.575. The van der Waals surface area contributed by atoms with E-state index in [0.29, 0.717) is 6.61 Å². The van der Waals surface area contributed by atoms with Gasteiger partial charge in [-0.25, -0.2) is 0 Å². The Morgan fingerprint density at radius 1 is 1.45 bits per heavy atom. The van der Waals surface area contributed by atoms with E-state index in [2.05, 4.69) is 39.2 Å². The number of carbonyl (C=O) groups excluding carboxylic acids is 1. The van der Waals surface area contributed by atoms with Crippen LogP contribution in [0.5, 0.6) is 0 Å². The summed E-state index contributed by atoms with van der Waals surface area (Å²) in [7, 11) is -1.16. The first-order valence-electron chi connectivity index (χ1n) is 7.20. The molecule has 1 saturated heterocycles. The molecule has 0 unspecified atom stereocenters. The largest absolute Gasteiger partial charge is 0.481 e. The molecule has 2 N–H and O–H groups in total. The summed E-state index contributed by atoms with van der Waals surface area (Å²) in [4.78, 5) is 23.1. The summed E-state index contributed by atoms with van der Waals surface area (Å²) in [6, 6.07) is -0.290. The maximum atomic E-state index is 12.0. The fourth-order valence-electron chi connectivity index (χ4n) is 2.63. The van der Waals surface area contributed by atoms with E-state index in [1.807, 2.05) is 0 Å². The number of nitrogens with one attached hydrogen (secondary N) is 1. The van der Waals surface area contributed by atoms with Crippen LogP contribution in [-0.2, 0) is 14.0 Å². The fraction of sp³-hybridized carbons (Fsp3) is 0.857. The van der Waals surface area contributed by atoms with Crippen molar-refractivity contribution >= 4 is 20.9 Å². The lowest BCUT2D eigenvalue weighted by molar-refractivity contribution is -0.152. The standard InChI is InChI=1S/C14H27NO4Si/c1-8(13(17)18)11-10(12(16)15-11)9(14(2,3)4)7-19-20(5)6/h8-11,20H,7H2,1-6H3,(H,15,16)(H,17,18)/t8-,9-,10+,11+/m1/s1. The molecular formula is C14H27NO4Si. The summed E-state index contributed by atoms with van der Waals surface area (Å²) in [5.41, 5.74) is -0.0950. The van der Waals surface area contributed by atoms with Crippen LogP contribution >= 0.6 is 0 Å². The summed E-state index contributed by atoms with van der Waals surface area (Å²) in [5.74, 6) is -1.71. The van der Waals surface area contributed by atoms with E-state index < -0.39 is 20.9 Å². The van der Waals surface area contributed by atoms with Gasteiger partial charge in [-0.2, -0.15) is 0 Å². The van der Waals surface area contributed by atoms with Crippen LogP contribution in [0.25, 0.3) is 0 Å². The van der Waals surface area contributed by atoms with Crippen LogP contribution in [0.4, 0.5) is 0 Å². The number of β-lactam (4-membered cyclic amide) rings is 1. The van der Waals surface area contributed by atoms with Gasteiger partial charge in [-0.3, -0.25) is 9.59 Å². The molecule has 0 aromatic carbocycles. The number of aliphatic carboxylic acids is 1. The Bertz CT molecular complexity index is 378. The Morgan fingerprint density at radius 3 is 2.35 bits per heavy atom. The average molecular weight is 301 g/mol. The highest BCUT2D eigenvalue weighted by Gasteiger charge is 2.51. The zero-order chi connectivity index (χ0) is 15.7. The van der Waals surface area contributed by atoms with Gasteiger partial charge in [0.15, 0.2) is 9.04 Å². The molecule has 20 heavy (non-hydrogen) atoms. The maximum Gasteiger partial charge on any atom is 0.308 e. The molecule has 4 atom stereocenters. The van der Waals surface area contributed by atoms with Crippen molar-refractivity contribution in [1.29, 1.82) is 0 Å². The van der Waals surface area contributed by atoms with E-state index in [9.17, 15) is 9.59 Å². The van der Waals surface area contributed by atoms with E-state index >= 15 is 0 Å². The second-order valence-electron chi connectivity index (χ2n) is 7.04. The number of hydrogen-bond acceptors (Lipinski definition) is 3. The van der Waals surface area contributed by atoms with Crippen LogP contribution in [0, 0.1) is 23.2 Å². The molecule has 116 valence electrons. The fourth-order valence-corrected chi connectivity index (χ4v) is 3.22. The molecule has 0 aromatic heterocycles. The zero-order valence-corrected chi connectivity index (χ0v) is 14.4. The Kier molecular flexibility index (Phi) is 5.37. The summed E-state index contributed by atoms with van der Waals surface area (Å²) in [5, 5.41) is 11.9. The molecule has 5 nitrogen and oxygen atoms in total. The summed E-state index contributed by atoms with van der Waals surface area (Å²) in [6.07, 6.45) is 0. The van der Waals surface area contributed by atoms with Crippen molar-refractivity contribution in [3.63, 3.8) is 0 Å². The monoisotopic (exact) mass is 301 g/mol. The maximum absolute atomic E-state index is 12.0. The van der Waals surface area contributed by atoms with Gasteiger partial charge in [-0.05, 0) is 31.4 Å². The minimum Gasteiger partial charge on any atom is -0.481 e. The molecule has 1 aliphatic rings. The van der Waals surface area contributed by atoms with E-state index in [0.717, 1.165) is 0 Å². The first-order valence-corrected chi connectivity index (χ1v) is 9.98. The Labute approximate surface area is 122 Å². The molecule has 1 aliphatic heterocycles. The Hall–Kier alpha value is -0.883. The molecule has 0 bridgehead atoms. The predicted octanol–water partition coefficient (Wildman–Crippen LogP) is 1.48. The summed E-state index contributed by atoms with van der Waals surface area (Å²) in [6.45, 7) is 12.6. The van der Waals surface area contributed by atoms with Gasteiger partial charge >= 0.3 is 5.97 Å². The molecule has 0 radical (unpaired) electrons. The van der Waals surface area contributed by atoms with Crippen LogP contribution in [0.2, 0.25) is 13.1 Å². The molecule has 1 fully saturated rings. The van der Waals surface area contributed by atoms with Crippen molar-refractivity contribution in [1.82, 2.24) is 5.32 Å². The highest BCUT2D eigenvalue weighted by atomic mass is 28.3. The summed E-state index contributed by atoms with van der Waals surface area (Å²) >= 11 is 0. The van der Waals surface area contributed by atoms with Crippen LogP contribution < -0.4 is 5.32 Å². The first-order chi connectivity index (χ1) is 9.05. The van der Waals surface area contributed by atoms with Gasteiger partial charge in [0.2, 0.25) is 5.91 Å². The third-order valence-corrected chi connectivity index (χ3v) is 4.94. The number of carboxylic acid groups (broad SMARTS) is 1. The third-order valence-electron chi connectivity index (χ3n) is 4.08. The van der Waals surface area contributed by atoms with Gasteiger partial charge in [0, 0.05) is 6.61 Å². The minimum atomic E-state index is -1.16. The van der Waals surface area contributed by atoms with Crippen molar-refractivity contribution < 1.29 is 19.1 Å². The van der Waals surface area contributed by atoms with Crippen molar-refractivity contribution in [2.45, 2.75) is 46.8 Å². The van der Waals surface area contributed by atoms with Crippen LogP contribution in [0.15, 0.2) is 0 Å². The van der Waals surface area contributed by atoms with Crippen LogP contribution in [0.3, 0.4) is 0 Å². The van der Waals surface area contributed by atoms with Crippen molar-refractivity contribution in [2.24, 2.45) is 23.2 Å². The van der Waals surface area contributed by atoms with E-state index in [1.165, 1.54) is 0 Å². The van der Waals surface area contributed by atoms with Crippen molar-refractivity contribution in [2.75, 3.05) is 6.61 Å². The van der Waals surface area contributed by atoms with Gasteiger partial charge in [0.1, 0.15) is 0 Å². The van der Waals surface area contributed by atoms with E-state index in [1.54, 1.807) is 6.92 Å². The Balaban J connectivity index is 2.88. The Morgan fingerprint density at radius 2 is 2.00 bits per heavy atom. The SMILES string of the molecule is C[C@@H](C(=O)O)[C@@H]1NC(=O)[C@H]1[C@@H](CO[SiH](C)C)C(C)(C)C. The topological polar surface area (TPSA) is 75.6 Å². The lowest BCUT2D eigenvalue weighted by atomic mass is 9.65. The minimum absolute atomic E-state index is 0.0398. The van der Waals surface area contributed by atoms with Gasteiger partial charge in [0.25, 0.3) is 0 Å². The lowest BCUT2D eigenvalue weighted by Crippen LogP contribution is -2.66. The van der Waals surface area contributed by atoms with Crippen molar-refractivity contribution in [3.05, 3.63) is 0 Å². The molecule has 1 rings (SSSR count). The molecule has 0 aromatic rings. The van der Waals surface area contributed by atoms with Gasteiger partial charge in [0.05, 0.1) is 17.9 Å². The average Bonchev–Trinajstić information content (AvgIpc) is 2.28. The highest BCUT2D eigenvalue weighted by molar-refractivity contribution is 6.48. The predicted molar refractivity (Wildman–Crippen MR) is 80.0 cm³/mol. The van der Waals surface area contributed by atoms with Gasteiger partial charge in [-0.1, -0.05) is 20.8 Å². The lowest BCUT2D eigenvalue weighted by Gasteiger charge is -2.47. The molecule has 1 amide bonds. The smallest absolute Gasteiger partial charge is 0.308 e. The number of amides is 1. The normalized spacial score (nSPS) is 25.9. The van der Waals surface area contributed by atoms with Crippen LogP contribution in [0.1, 0.15) is 27.7 Å². The molecule has 0 spiro atoms. The van der Waals surface area contributed by atoms with E-state index in [4.69, 9.17) is 9.53 Å². The molecule has 0 saturated carbocycles.